The van der Waals surface area contributed by atoms with Crippen LogP contribution in [0.4, 0.5) is 23.0 Å². The van der Waals surface area contributed by atoms with Crippen molar-refractivity contribution in [2.75, 3.05) is 58.3 Å². The van der Waals surface area contributed by atoms with Gasteiger partial charge in [-0.2, -0.15) is 43.3 Å². The van der Waals surface area contributed by atoms with Gasteiger partial charge in [0, 0.05) is 132 Å². The number of hydrogen-bond donors (Lipinski definition) is 11. The van der Waals surface area contributed by atoms with Crippen LogP contribution in [0.3, 0.4) is 0 Å². The van der Waals surface area contributed by atoms with Gasteiger partial charge in [-0.25, -0.2) is 9.97 Å². The van der Waals surface area contributed by atoms with Gasteiger partial charge in [0.05, 0.1) is 17.6 Å². The average molecular weight is 1590 g/mol. The molecule has 1 unspecified atom stereocenters. The van der Waals surface area contributed by atoms with E-state index in [4.69, 9.17) is 67.2 Å². The molecule has 33 nitrogen and oxygen atoms in total. The van der Waals surface area contributed by atoms with Crippen LogP contribution in [-0.4, -0.2) is 157 Å². The van der Waals surface area contributed by atoms with Crippen LogP contribution in [-0.2, 0) is 86.4 Å². The number of aliphatic imine (C=N–C) groups is 1. The summed E-state index contributed by atoms with van der Waals surface area (Å²) in [6, 6.07) is 28.7. The number of phenolic OH excluding ortho intramolecular Hbond substituents is 1. The van der Waals surface area contributed by atoms with E-state index >= 15 is 0 Å². The number of fused-ring (bicyclic) bond motifs is 6. The Balaban J connectivity index is 0.000000362. The molecule has 8 aromatic rings. The molecule has 0 saturated heterocycles. The smallest absolute Gasteiger partial charge is 0.373 e. The van der Waals surface area contributed by atoms with Gasteiger partial charge in [0.15, 0.2) is 22.9 Å². The van der Waals surface area contributed by atoms with E-state index in [0.717, 1.165) is 50.4 Å². The monoisotopic (exact) mass is 1590 g/mol. The molecule has 0 radical (unpaired) electrons. The Morgan fingerprint density at radius 1 is 0.741 bits per heavy atom. The van der Waals surface area contributed by atoms with Gasteiger partial charge in [-0.15, -0.1) is 11.6 Å². The highest BCUT2D eigenvalue weighted by atomic mass is 35.5. The second kappa shape index (κ2) is 46.7. The zero-order valence-electron chi connectivity index (χ0n) is 61.3. The third-order valence-corrected chi connectivity index (χ3v) is 19.7. The van der Waals surface area contributed by atoms with Crippen molar-refractivity contribution < 1.29 is 81.8 Å². The number of rotatable bonds is 31. The molecule has 10 rings (SSSR count). The fourth-order valence-electron chi connectivity index (χ4n) is 11.7. The summed E-state index contributed by atoms with van der Waals surface area (Å²) >= 11 is 6.39. The van der Waals surface area contributed by atoms with Gasteiger partial charge in [0.25, 0.3) is 17.4 Å². The van der Waals surface area contributed by atoms with Crippen LogP contribution in [0.5, 0.6) is 5.75 Å². The van der Waals surface area contributed by atoms with Crippen molar-refractivity contribution >= 4 is 173 Å². The quantitative estimate of drug-likeness (QED) is 0.00545. The van der Waals surface area contributed by atoms with Gasteiger partial charge in [0.1, 0.15) is 23.3 Å². The first-order chi connectivity index (χ1) is 53.6. The third-order valence-electron chi connectivity index (χ3n) is 16.9. The number of alkyl halides is 1. The predicted octanol–water partition coefficient (Wildman–Crippen LogP) is 6.58. The average Bonchev–Trinajstić information content (AvgIpc) is 1.55. The number of hydrogen-bond acceptors (Lipinski definition) is 25. The fourth-order valence-corrected chi connectivity index (χ4v) is 13.9. The maximum absolute atomic E-state index is 13.9. The van der Waals surface area contributed by atoms with E-state index in [1.165, 1.54) is 6.92 Å². The number of halogens is 1. The van der Waals surface area contributed by atoms with Crippen molar-refractivity contribution in [3.63, 3.8) is 0 Å². The minimum atomic E-state index is -0.667. The van der Waals surface area contributed by atoms with Crippen molar-refractivity contribution in [2.24, 2.45) is 22.4 Å². The zero-order valence-corrected chi connectivity index (χ0v) is 63.7. The number of aromatic hydroxyl groups is 1. The van der Waals surface area contributed by atoms with E-state index in [9.17, 15) is 48.3 Å². The van der Waals surface area contributed by atoms with E-state index < -0.39 is 11.6 Å². The number of ketones is 2. The molecule has 4 atom stereocenters. The number of aryl methyl sites for hydroxylation is 2. The number of carbonyl (C=O) groups is 8. The summed E-state index contributed by atoms with van der Waals surface area (Å²) < 4.78 is 0. The molecule has 0 fully saturated rings. The largest absolute Gasteiger partial charge is 0.507 e. The Bertz CT molecular complexity index is 4900. The maximum Gasteiger partial charge on any atom is 0.373 e. The number of amides is 6. The van der Waals surface area contributed by atoms with Crippen LogP contribution in [0, 0.1) is 5.92 Å². The van der Waals surface area contributed by atoms with Crippen molar-refractivity contribution in [1.82, 2.24) is 40.9 Å². The number of nitrogen functional groups attached to an aromatic ring is 1. The Morgan fingerprint density at radius 2 is 1.40 bits per heavy atom. The Morgan fingerprint density at radius 3 is 2.08 bits per heavy atom. The van der Waals surface area contributed by atoms with E-state index in [-0.39, 0.29) is 131 Å². The molecule has 2 aliphatic rings. The Hall–Kier alpha value is -12.6. The molecule has 0 saturated carbocycles. The standard InChI is InChI=1S/C43H42ClN5O6S2.C29H40N10O4.4CO2/c1-24(15-25(2)50)41(53)45-12-14-57-56-13-11-39(52)46-31-8-7-26-16-29(17-27(26)18-31)42(54)47-32-9-10-35-28(19-32)20-36(48-35)43(55)49-23-30(22-44)40-34-6-4-3-5-33(34)38(51)21-37(40)49;1-17(6-5-15-33-28(30)31)35-26(42)18(2)36-23(41)8-4-3-7-22(40)20-12-9-19(10-13-20)11-14-21-16-34-25-24(37-21)27(43)39-29(32)38-25;4*2-1-3/h3-10,17-21,24,30,48,51H,11-16,22-23H2,1-2H3,(H,45,53)(H,46,52)(H,47,54);9-10,12-13,16-18H,3-8,11,14-15H2,1-2H3,(H,35,42)(H,36,41)(H4,30,31,33)(H3,32,34,38,39,43);;;;/t24-,30?;17-,18+;;;;/m11..../s1. The van der Waals surface area contributed by atoms with Crippen LogP contribution in [0.1, 0.15) is 134 Å². The number of aromatic nitrogens is 5. The fraction of sp³-hybridized carbons (Fsp3) is 0.329. The minimum Gasteiger partial charge on any atom is -0.507 e. The number of anilines is 4. The first kappa shape index (κ1) is 90.0. The number of aromatic amines is 2. The van der Waals surface area contributed by atoms with E-state index in [0.29, 0.717) is 128 Å². The summed E-state index contributed by atoms with van der Waals surface area (Å²) in [4.78, 5) is 201. The van der Waals surface area contributed by atoms with Crippen molar-refractivity contribution in [1.29, 1.82) is 0 Å². The lowest BCUT2D eigenvalue weighted by atomic mass is 9.95. The number of benzene rings is 5. The number of carbonyl (C=O) groups excluding carboxylic acids is 16. The molecule has 1 aliphatic heterocycles. The van der Waals surface area contributed by atoms with Gasteiger partial charge in [-0.05, 0) is 129 Å². The number of nitrogens with one attached hydrogen (secondary N) is 7. The van der Waals surface area contributed by atoms with Gasteiger partial charge < -0.3 is 63.6 Å². The zero-order chi connectivity index (χ0) is 82.4. The molecule has 6 amide bonds. The number of phenols is 1. The summed E-state index contributed by atoms with van der Waals surface area (Å²) in [5.41, 5.74) is 24.7. The lowest BCUT2D eigenvalue weighted by Crippen LogP contribution is -2.47. The van der Waals surface area contributed by atoms with Crippen LogP contribution in [0.25, 0.3) is 38.9 Å². The van der Waals surface area contributed by atoms with Crippen molar-refractivity contribution in [2.45, 2.75) is 116 Å². The van der Waals surface area contributed by atoms with Gasteiger partial charge in [-0.3, -0.25) is 48.3 Å². The summed E-state index contributed by atoms with van der Waals surface area (Å²) in [5.74, 6) is 0.121. The number of unbranched alkanes of at least 4 members (excludes halogenated alkanes) is 1. The Labute approximate surface area is 653 Å². The molecule has 0 bridgehead atoms. The molecule has 112 heavy (non-hydrogen) atoms. The summed E-state index contributed by atoms with van der Waals surface area (Å²) in [6.07, 6.45) is 9.70. The van der Waals surface area contributed by atoms with Crippen LogP contribution < -0.4 is 54.2 Å². The summed E-state index contributed by atoms with van der Waals surface area (Å²) in [7, 11) is 3.14. The molecule has 0 spiro atoms. The molecule has 1 aliphatic carbocycles. The number of guanidine groups is 1. The number of H-pyrrole nitrogens is 2. The van der Waals surface area contributed by atoms with Crippen molar-refractivity contribution in [3.05, 3.63) is 158 Å². The molecule has 14 N–H and O–H groups in total. The lowest BCUT2D eigenvalue weighted by molar-refractivity contribution is -0.193. The van der Waals surface area contributed by atoms with E-state index in [1.807, 2.05) is 79.7 Å². The van der Waals surface area contributed by atoms with Gasteiger partial charge in [0.2, 0.25) is 29.6 Å². The van der Waals surface area contributed by atoms with E-state index in [1.54, 1.807) is 76.9 Å². The Kier molecular flexibility index (Phi) is 37.5. The predicted molar refractivity (Wildman–Crippen MR) is 416 cm³/mol. The molecular formula is C76H82ClN15O18S2. The SMILES string of the molecule is CC(=O)C[C@@H](C)C(=O)NCCSSCCC(=O)Nc1ccc2c(c1)C=C(C(=O)Nc1ccc3[nH]c(C(=O)N4CC(CCl)c5c4cc(O)c4ccccc54)cc3c1)C2.C[C@H](CCCN=C(N)N)NC(=O)[C@H](C)NC(=O)CCCCC(=O)c1ccc(CCc2cnc3nc(N)[nH]c(=O)c3n2)cc1.O=C=O.O=C=O.O=C=O.O=C=O. The van der Waals surface area contributed by atoms with Crippen LogP contribution in [0.15, 0.2) is 119 Å². The highest BCUT2D eigenvalue weighted by Crippen LogP contribution is 2.46. The lowest BCUT2D eigenvalue weighted by Gasteiger charge is -2.18. The topological polar surface area (TPSA) is 534 Å². The molecule has 588 valence electrons. The highest BCUT2D eigenvalue weighted by molar-refractivity contribution is 8.76. The van der Waals surface area contributed by atoms with Crippen molar-refractivity contribution in [3.8, 4) is 5.75 Å². The normalized spacial score (nSPS) is 12.6. The number of nitrogens with two attached hydrogens (primary N) is 3. The third kappa shape index (κ3) is 28.4. The molecule has 36 heteroatoms. The molecule has 3 aromatic heterocycles. The summed E-state index contributed by atoms with van der Waals surface area (Å²) in [5, 5.41) is 27.5. The second-order valence-corrected chi connectivity index (χ2v) is 28.2. The molecule has 5 aromatic carbocycles. The van der Waals surface area contributed by atoms with Gasteiger partial charge in [-0.1, -0.05) is 83.1 Å². The van der Waals surface area contributed by atoms with Crippen LogP contribution >= 0.6 is 33.2 Å². The molecular weight excluding hydrogens is 1510 g/mol. The number of nitrogens with zero attached hydrogens (tertiary/aromatic N) is 5. The summed E-state index contributed by atoms with van der Waals surface area (Å²) in [6.45, 7) is 8.11. The minimum absolute atomic E-state index is 0.0000690. The van der Waals surface area contributed by atoms with Gasteiger partial charge >= 0.3 is 24.6 Å². The first-order valence-corrected chi connectivity index (χ1v) is 37.7. The number of Topliss-reactive ketones (excluding diaryl/α,β-unsaturated/α-hetero) is 2. The highest BCUT2D eigenvalue weighted by Gasteiger charge is 2.36. The van der Waals surface area contributed by atoms with E-state index in [2.05, 4.69) is 56.5 Å². The maximum atomic E-state index is 13.9. The van der Waals surface area contributed by atoms with Crippen LogP contribution in [0.2, 0.25) is 0 Å². The molecule has 4 heterocycles. The second-order valence-electron chi connectivity index (χ2n) is 25.2. The first-order valence-electron chi connectivity index (χ1n) is 34.6.